The smallest absolute Gasteiger partial charge is 0.255 e. The van der Waals surface area contributed by atoms with Crippen LogP contribution in [-0.2, 0) is 16.1 Å². The quantitative estimate of drug-likeness (QED) is 0.769. The normalized spacial score (nSPS) is 28.0. The largest absolute Gasteiger partial charge is 0.489 e. The van der Waals surface area contributed by atoms with Crippen molar-refractivity contribution in [3.05, 3.63) is 29.3 Å². The Labute approximate surface area is 176 Å². The summed E-state index contributed by atoms with van der Waals surface area (Å²) in [5.74, 6) is 0.00869. The van der Waals surface area contributed by atoms with Gasteiger partial charge in [-0.05, 0) is 62.4 Å². The summed E-state index contributed by atoms with van der Waals surface area (Å²) in [7, 11) is 0. The number of amides is 3. The third-order valence-electron chi connectivity index (χ3n) is 7.05. The standard InChI is InChI=1S/C23H29N3O4/c27-21-10-9-20(22(28)24-21)26-13-15-12-17(7-8-19(15)23(26)29)30-18-6-3-11-25(14-18)16-4-1-2-5-16/h7-8,12,16,18,20H,1-6,9-11,13-14H2,(H,24,27,28)/t18-,20?/m1/s1. The molecule has 1 saturated carbocycles. The second-order valence-electron chi connectivity index (χ2n) is 9.03. The van der Waals surface area contributed by atoms with Gasteiger partial charge in [-0.3, -0.25) is 24.6 Å². The maximum absolute atomic E-state index is 12.8. The molecule has 160 valence electrons. The van der Waals surface area contributed by atoms with Gasteiger partial charge in [-0.25, -0.2) is 0 Å². The first-order valence-electron chi connectivity index (χ1n) is 11.3. The Morgan fingerprint density at radius 1 is 1.00 bits per heavy atom. The van der Waals surface area contributed by atoms with Crippen molar-refractivity contribution in [3.8, 4) is 5.75 Å². The number of carbonyl (C=O) groups is 3. The van der Waals surface area contributed by atoms with Gasteiger partial charge in [-0.1, -0.05) is 12.8 Å². The summed E-state index contributed by atoms with van der Waals surface area (Å²) in [5.41, 5.74) is 1.52. The third-order valence-corrected chi connectivity index (χ3v) is 7.05. The molecule has 3 fully saturated rings. The number of rotatable bonds is 4. The van der Waals surface area contributed by atoms with E-state index in [0.29, 0.717) is 18.5 Å². The lowest BCUT2D eigenvalue weighted by molar-refractivity contribution is -0.136. The minimum absolute atomic E-state index is 0.142. The Kier molecular flexibility index (Phi) is 5.23. The third kappa shape index (κ3) is 3.71. The molecular formula is C23H29N3O4. The molecule has 0 radical (unpaired) electrons. The molecule has 1 aromatic rings. The average Bonchev–Trinajstić information content (AvgIpc) is 3.37. The Hall–Kier alpha value is -2.41. The van der Waals surface area contributed by atoms with Crippen LogP contribution < -0.4 is 10.1 Å². The van der Waals surface area contributed by atoms with E-state index < -0.39 is 6.04 Å². The van der Waals surface area contributed by atoms with E-state index in [1.165, 1.54) is 32.2 Å². The predicted molar refractivity (Wildman–Crippen MR) is 110 cm³/mol. The highest BCUT2D eigenvalue weighted by molar-refractivity contribution is 6.05. The van der Waals surface area contributed by atoms with E-state index in [9.17, 15) is 14.4 Å². The Balaban J connectivity index is 1.25. The van der Waals surface area contributed by atoms with Crippen LogP contribution >= 0.6 is 0 Å². The molecule has 7 heteroatoms. The second kappa shape index (κ2) is 8.02. The number of likely N-dealkylation sites (tertiary alicyclic amines) is 1. The fourth-order valence-corrected chi connectivity index (χ4v) is 5.48. The maximum Gasteiger partial charge on any atom is 0.255 e. The molecule has 1 N–H and O–H groups in total. The van der Waals surface area contributed by atoms with Crippen LogP contribution in [0, 0.1) is 0 Å². The number of nitrogens with zero attached hydrogens (tertiary/aromatic N) is 2. The Bertz CT molecular complexity index is 864. The lowest BCUT2D eigenvalue weighted by Gasteiger charge is -2.36. The number of nitrogens with one attached hydrogen (secondary N) is 1. The van der Waals surface area contributed by atoms with Crippen molar-refractivity contribution >= 4 is 17.7 Å². The summed E-state index contributed by atoms with van der Waals surface area (Å²) >= 11 is 0. The van der Waals surface area contributed by atoms with Gasteiger partial charge in [-0.15, -0.1) is 0 Å². The molecule has 7 nitrogen and oxygen atoms in total. The van der Waals surface area contributed by atoms with Crippen molar-refractivity contribution in [2.24, 2.45) is 0 Å². The zero-order chi connectivity index (χ0) is 20.7. The van der Waals surface area contributed by atoms with Gasteiger partial charge in [0.1, 0.15) is 17.9 Å². The molecule has 2 atom stereocenters. The van der Waals surface area contributed by atoms with Crippen LogP contribution in [0.2, 0.25) is 0 Å². The van der Waals surface area contributed by atoms with Crippen molar-refractivity contribution < 1.29 is 19.1 Å². The summed E-state index contributed by atoms with van der Waals surface area (Å²) in [6, 6.07) is 5.78. The van der Waals surface area contributed by atoms with Crippen molar-refractivity contribution in [3.63, 3.8) is 0 Å². The monoisotopic (exact) mass is 411 g/mol. The number of ether oxygens (including phenoxy) is 1. The van der Waals surface area contributed by atoms with Gasteiger partial charge in [0.2, 0.25) is 11.8 Å². The van der Waals surface area contributed by atoms with E-state index >= 15 is 0 Å². The van der Waals surface area contributed by atoms with Gasteiger partial charge < -0.3 is 9.64 Å². The summed E-state index contributed by atoms with van der Waals surface area (Å²) in [6.45, 7) is 2.53. The summed E-state index contributed by atoms with van der Waals surface area (Å²) in [4.78, 5) is 40.6. The van der Waals surface area contributed by atoms with E-state index in [1.807, 2.05) is 18.2 Å². The highest BCUT2D eigenvalue weighted by Crippen LogP contribution is 2.32. The minimum atomic E-state index is -0.578. The minimum Gasteiger partial charge on any atom is -0.489 e. The lowest BCUT2D eigenvalue weighted by atomic mass is 10.0. The molecule has 4 aliphatic rings. The number of benzene rings is 1. The molecule has 3 amide bonds. The summed E-state index contributed by atoms with van der Waals surface area (Å²) in [5, 5.41) is 2.35. The SMILES string of the molecule is O=C1CCC(N2Cc3cc(O[C@@H]4CCCN(C5CCCC5)C4)ccc3C2=O)C(=O)N1. The number of hydrogen-bond donors (Lipinski definition) is 1. The summed E-state index contributed by atoms with van der Waals surface area (Å²) in [6.07, 6.45) is 8.35. The molecule has 1 aromatic carbocycles. The number of carbonyl (C=O) groups excluding carboxylic acids is 3. The number of imide groups is 1. The highest BCUT2D eigenvalue weighted by Gasteiger charge is 2.39. The first-order valence-corrected chi connectivity index (χ1v) is 11.3. The van der Waals surface area contributed by atoms with Crippen molar-refractivity contribution in [1.29, 1.82) is 0 Å². The van der Waals surface area contributed by atoms with E-state index in [0.717, 1.165) is 36.7 Å². The van der Waals surface area contributed by atoms with E-state index in [4.69, 9.17) is 4.74 Å². The molecule has 3 aliphatic heterocycles. The van der Waals surface area contributed by atoms with Gasteiger partial charge in [0, 0.05) is 31.1 Å². The van der Waals surface area contributed by atoms with E-state index in [2.05, 4.69) is 10.2 Å². The Morgan fingerprint density at radius 3 is 2.63 bits per heavy atom. The van der Waals surface area contributed by atoms with Crippen LogP contribution in [0.4, 0.5) is 0 Å². The van der Waals surface area contributed by atoms with E-state index in [1.54, 1.807) is 4.90 Å². The van der Waals surface area contributed by atoms with Crippen LogP contribution in [0.3, 0.4) is 0 Å². The molecular weight excluding hydrogens is 382 g/mol. The van der Waals surface area contributed by atoms with Crippen LogP contribution in [0.1, 0.15) is 67.3 Å². The van der Waals surface area contributed by atoms with Gasteiger partial charge in [0.05, 0.1) is 0 Å². The fourth-order valence-electron chi connectivity index (χ4n) is 5.48. The molecule has 5 rings (SSSR count). The fraction of sp³-hybridized carbons (Fsp3) is 0.609. The Morgan fingerprint density at radius 2 is 1.83 bits per heavy atom. The number of fused-ring (bicyclic) bond motifs is 1. The number of hydrogen-bond acceptors (Lipinski definition) is 5. The molecule has 0 spiro atoms. The molecule has 1 aliphatic carbocycles. The lowest BCUT2D eigenvalue weighted by Crippen LogP contribution is -2.52. The van der Waals surface area contributed by atoms with Crippen LogP contribution in [-0.4, -0.2) is 58.8 Å². The molecule has 3 heterocycles. The first-order chi connectivity index (χ1) is 14.6. The van der Waals surface area contributed by atoms with Crippen LogP contribution in [0.15, 0.2) is 18.2 Å². The second-order valence-corrected chi connectivity index (χ2v) is 9.03. The topological polar surface area (TPSA) is 79.0 Å². The van der Waals surface area contributed by atoms with E-state index in [-0.39, 0.29) is 30.2 Å². The van der Waals surface area contributed by atoms with Gasteiger partial charge in [0.25, 0.3) is 5.91 Å². The van der Waals surface area contributed by atoms with Crippen LogP contribution in [0.25, 0.3) is 0 Å². The number of piperidine rings is 2. The maximum atomic E-state index is 12.8. The molecule has 1 unspecified atom stereocenters. The zero-order valence-corrected chi connectivity index (χ0v) is 17.3. The average molecular weight is 412 g/mol. The molecule has 2 saturated heterocycles. The highest BCUT2D eigenvalue weighted by atomic mass is 16.5. The van der Waals surface area contributed by atoms with Crippen LogP contribution in [0.5, 0.6) is 5.75 Å². The van der Waals surface area contributed by atoms with Crippen molar-refractivity contribution in [2.45, 2.75) is 76.1 Å². The summed E-state index contributed by atoms with van der Waals surface area (Å²) < 4.78 is 6.33. The first kappa shape index (κ1) is 19.5. The van der Waals surface area contributed by atoms with Gasteiger partial charge in [0.15, 0.2) is 0 Å². The predicted octanol–water partition coefficient (Wildman–Crippen LogP) is 2.23. The molecule has 0 bridgehead atoms. The van der Waals surface area contributed by atoms with Gasteiger partial charge >= 0.3 is 0 Å². The van der Waals surface area contributed by atoms with Crippen molar-refractivity contribution in [2.75, 3.05) is 13.1 Å². The zero-order valence-electron chi connectivity index (χ0n) is 17.3. The molecule has 30 heavy (non-hydrogen) atoms. The van der Waals surface area contributed by atoms with Crippen molar-refractivity contribution in [1.82, 2.24) is 15.1 Å². The molecule has 0 aromatic heterocycles. The van der Waals surface area contributed by atoms with Gasteiger partial charge in [-0.2, -0.15) is 0 Å².